The predicted octanol–water partition coefficient (Wildman–Crippen LogP) is 3.73. The van der Waals surface area contributed by atoms with Crippen molar-refractivity contribution in [2.75, 3.05) is 26.2 Å². The van der Waals surface area contributed by atoms with Crippen molar-refractivity contribution >= 4 is 34.5 Å². The molecule has 1 aromatic carbocycles. The van der Waals surface area contributed by atoms with Crippen LogP contribution in [0.3, 0.4) is 0 Å². The first kappa shape index (κ1) is 22.6. The molecule has 164 valence electrons. The van der Waals surface area contributed by atoms with Gasteiger partial charge in [0.2, 0.25) is 0 Å². The van der Waals surface area contributed by atoms with Gasteiger partial charge in [-0.3, -0.25) is 19.7 Å². The second-order valence-electron chi connectivity index (χ2n) is 7.29. The largest absolute Gasteiger partial charge is 0.507 e. The van der Waals surface area contributed by atoms with Gasteiger partial charge in [0.15, 0.2) is 0 Å². The summed E-state index contributed by atoms with van der Waals surface area (Å²) in [7, 11) is 0. The molecular formula is C22H25N3O5S. The van der Waals surface area contributed by atoms with Crippen LogP contribution in [0.2, 0.25) is 0 Å². The Morgan fingerprint density at radius 2 is 1.97 bits per heavy atom. The van der Waals surface area contributed by atoms with Gasteiger partial charge in [-0.1, -0.05) is 26.0 Å². The number of carbonyl (C=O) groups is 2. The molecule has 1 atom stereocenters. The van der Waals surface area contributed by atoms with Crippen molar-refractivity contribution in [2.45, 2.75) is 26.8 Å². The second-order valence-corrected chi connectivity index (χ2v) is 8.24. The number of amides is 1. The van der Waals surface area contributed by atoms with E-state index in [0.29, 0.717) is 13.1 Å². The van der Waals surface area contributed by atoms with Crippen LogP contribution in [0.15, 0.2) is 41.3 Å². The van der Waals surface area contributed by atoms with Crippen molar-refractivity contribution in [1.29, 1.82) is 0 Å². The minimum Gasteiger partial charge on any atom is -0.507 e. The number of carbonyl (C=O) groups excluding carboxylic acids is 2. The van der Waals surface area contributed by atoms with Crippen LogP contribution in [0.4, 0.5) is 5.69 Å². The van der Waals surface area contributed by atoms with Gasteiger partial charge >= 0.3 is 0 Å². The van der Waals surface area contributed by atoms with Crippen molar-refractivity contribution in [3.05, 3.63) is 67.4 Å². The number of nitro benzene ring substituents is 1. The van der Waals surface area contributed by atoms with E-state index in [1.165, 1.54) is 40.5 Å². The summed E-state index contributed by atoms with van der Waals surface area (Å²) in [6.07, 6.45) is 0. The highest BCUT2D eigenvalue weighted by atomic mass is 32.1. The van der Waals surface area contributed by atoms with Crippen LogP contribution in [-0.2, 0) is 9.59 Å². The molecule has 1 fully saturated rings. The summed E-state index contributed by atoms with van der Waals surface area (Å²) < 4.78 is 0. The molecule has 1 N–H and O–H groups in total. The Kier molecular flexibility index (Phi) is 6.87. The molecule has 1 aromatic heterocycles. The van der Waals surface area contributed by atoms with Crippen molar-refractivity contribution < 1.29 is 19.6 Å². The van der Waals surface area contributed by atoms with Crippen LogP contribution >= 0.6 is 11.3 Å². The molecule has 1 saturated heterocycles. The van der Waals surface area contributed by atoms with Crippen LogP contribution in [0.25, 0.3) is 5.76 Å². The maximum Gasteiger partial charge on any atom is 0.295 e. The number of hydrogen-bond acceptors (Lipinski definition) is 7. The average molecular weight is 444 g/mol. The van der Waals surface area contributed by atoms with E-state index >= 15 is 0 Å². The molecule has 0 spiro atoms. The van der Waals surface area contributed by atoms with Gasteiger partial charge < -0.3 is 14.9 Å². The van der Waals surface area contributed by atoms with Crippen molar-refractivity contribution in [1.82, 2.24) is 9.80 Å². The lowest BCUT2D eigenvalue weighted by Gasteiger charge is -2.27. The third kappa shape index (κ3) is 4.38. The number of ketones is 1. The molecule has 1 unspecified atom stereocenters. The molecule has 31 heavy (non-hydrogen) atoms. The van der Waals surface area contributed by atoms with Gasteiger partial charge in [-0.2, -0.15) is 0 Å². The average Bonchev–Trinajstić information content (AvgIpc) is 3.29. The molecular weight excluding hydrogens is 418 g/mol. The lowest BCUT2D eigenvalue weighted by atomic mass is 9.98. The molecule has 1 aliphatic heterocycles. The van der Waals surface area contributed by atoms with Crippen LogP contribution in [0.5, 0.6) is 0 Å². The highest BCUT2D eigenvalue weighted by molar-refractivity contribution is 7.10. The number of likely N-dealkylation sites (tertiary alicyclic amines) is 1. The Hall–Kier alpha value is -3.04. The fourth-order valence-corrected chi connectivity index (χ4v) is 4.81. The minimum absolute atomic E-state index is 0.0319. The summed E-state index contributed by atoms with van der Waals surface area (Å²) in [6, 6.07) is 6.61. The smallest absolute Gasteiger partial charge is 0.295 e. The van der Waals surface area contributed by atoms with E-state index in [1.807, 2.05) is 32.2 Å². The van der Waals surface area contributed by atoms with Gasteiger partial charge in [0, 0.05) is 35.7 Å². The molecule has 0 saturated carbocycles. The molecule has 1 amide bonds. The Bertz CT molecular complexity index is 1040. The Morgan fingerprint density at radius 3 is 2.55 bits per heavy atom. The maximum atomic E-state index is 13.0. The Balaban J connectivity index is 2.11. The number of thiophene rings is 1. The van der Waals surface area contributed by atoms with Gasteiger partial charge in [0.05, 0.1) is 16.5 Å². The molecule has 3 rings (SSSR count). The number of nitro groups is 1. The molecule has 2 aromatic rings. The summed E-state index contributed by atoms with van der Waals surface area (Å²) in [6.45, 7) is 8.51. The topological polar surface area (TPSA) is 104 Å². The zero-order valence-electron chi connectivity index (χ0n) is 17.7. The van der Waals surface area contributed by atoms with E-state index in [0.717, 1.165) is 23.5 Å². The monoisotopic (exact) mass is 443 g/mol. The quantitative estimate of drug-likeness (QED) is 0.219. The summed E-state index contributed by atoms with van der Waals surface area (Å²) in [4.78, 5) is 41.0. The number of nitrogens with zero attached hydrogens (tertiary/aromatic N) is 3. The molecule has 2 heterocycles. The van der Waals surface area contributed by atoms with Crippen LogP contribution in [0.1, 0.15) is 35.9 Å². The normalized spacial score (nSPS) is 18.2. The predicted molar refractivity (Wildman–Crippen MR) is 119 cm³/mol. The number of hydrogen-bond donors (Lipinski definition) is 1. The fourth-order valence-electron chi connectivity index (χ4n) is 3.76. The summed E-state index contributed by atoms with van der Waals surface area (Å²) in [5.41, 5.74) is 0.809. The van der Waals surface area contributed by atoms with Crippen LogP contribution in [0, 0.1) is 17.0 Å². The zero-order valence-corrected chi connectivity index (χ0v) is 18.5. The SMILES string of the molecule is CCN(CC)CCN1C(=O)C(=O)/C(=C(\O)c2cccc([N+](=O)[O-])c2)C1c1sccc1C. The van der Waals surface area contributed by atoms with Gasteiger partial charge in [0.1, 0.15) is 5.76 Å². The fraction of sp³-hybridized carbons (Fsp3) is 0.364. The van der Waals surface area contributed by atoms with E-state index in [-0.39, 0.29) is 16.8 Å². The first-order valence-electron chi connectivity index (χ1n) is 10.1. The number of benzene rings is 1. The van der Waals surface area contributed by atoms with Gasteiger partial charge in [-0.25, -0.2) is 0 Å². The van der Waals surface area contributed by atoms with Gasteiger partial charge in [-0.05, 0) is 37.0 Å². The Morgan fingerprint density at radius 1 is 1.26 bits per heavy atom. The summed E-state index contributed by atoms with van der Waals surface area (Å²) >= 11 is 1.41. The molecule has 1 aliphatic rings. The standard InChI is InChI=1S/C22H25N3O5S/c1-4-23(5-2)10-11-24-18(21-14(3)9-12-31-21)17(20(27)22(24)28)19(26)15-7-6-8-16(13-15)25(29)30/h6-9,12-13,18,26H,4-5,10-11H2,1-3H3/b19-17-. The third-order valence-electron chi connectivity index (χ3n) is 5.57. The number of aliphatic hydroxyl groups is 1. The summed E-state index contributed by atoms with van der Waals surface area (Å²) in [5.74, 6) is -1.84. The second kappa shape index (κ2) is 9.40. The number of rotatable bonds is 8. The number of Topliss-reactive ketones (excluding diaryl/α,β-unsaturated/α-hetero) is 1. The van der Waals surface area contributed by atoms with E-state index < -0.39 is 28.4 Å². The van der Waals surface area contributed by atoms with E-state index in [1.54, 1.807) is 0 Å². The Labute approximate surface area is 184 Å². The van der Waals surface area contributed by atoms with Crippen LogP contribution < -0.4 is 0 Å². The lowest BCUT2D eigenvalue weighted by molar-refractivity contribution is -0.384. The molecule has 0 bridgehead atoms. The van der Waals surface area contributed by atoms with Crippen molar-refractivity contribution in [2.24, 2.45) is 0 Å². The third-order valence-corrected chi connectivity index (χ3v) is 6.64. The minimum atomic E-state index is -0.777. The molecule has 0 aliphatic carbocycles. The van der Waals surface area contributed by atoms with Gasteiger partial charge in [-0.15, -0.1) is 11.3 Å². The molecule has 8 nitrogen and oxygen atoms in total. The van der Waals surface area contributed by atoms with E-state index in [4.69, 9.17) is 0 Å². The van der Waals surface area contributed by atoms with E-state index in [2.05, 4.69) is 4.90 Å². The van der Waals surface area contributed by atoms with Crippen molar-refractivity contribution in [3.8, 4) is 0 Å². The summed E-state index contributed by atoms with van der Waals surface area (Å²) in [5, 5.41) is 24.0. The number of likely N-dealkylation sites (N-methyl/N-ethyl adjacent to an activating group) is 1. The first-order chi connectivity index (χ1) is 14.8. The lowest BCUT2D eigenvalue weighted by Crippen LogP contribution is -2.37. The zero-order chi connectivity index (χ0) is 22.7. The van der Waals surface area contributed by atoms with Crippen LogP contribution in [-0.4, -0.2) is 57.7 Å². The van der Waals surface area contributed by atoms with Crippen molar-refractivity contribution in [3.63, 3.8) is 0 Å². The molecule has 9 heteroatoms. The van der Waals surface area contributed by atoms with Gasteiger partial charge in [0.25, 0.3) is 17.4 Å². The van der Waals surface area contributed by atoms with E-state index in [9.17, 15) is 24.8 Å². The highest BCUT2D eigenvalue weighted by Crippen LogP contribution is 2.42. The first-order valence-corrected chi connectivity index (χ1v) is 11.0. The highest BCUT2D eigenvalue weighted by Gasteiger charge is 2.47. The molecule has 0 radical (unpaired) electrons. The number of non-ortho nitro benzene ring substituents is 1. The number of aliphatic hydroxyl groups excluding tert-OH is 1. The maximum absolute atomic E-state index is 13.0. The number of aryl methyl sites for hydroxylation is 1.